The van der Waals surface area contributed by atoms with Gasteiger partial charge in [0.25, 0.3) is 5.56 Å². The number of amides is 1. The van der Waals surface area contributed by atoms with E-state index in [0.717, 1.165) is 24.1 Å². The number of nitrogens with zero attached hydrogens (tertiary/aromatic N) is 5. The lowest BCUT2D eigenvalue weighted by Crippen LogP contribution is -2.45. The fourth-order valence-electron chi connectivity index (χ4n) is 2.87. The van der Waals surface area contributed by atoms with E-state index in [1.165, 1.54) is 10.9 Å². The number of aryl methyl sites for hydroxylation is 2. The smallest absolute Gasteiger partial charge is 0.332 e. The van der Waals surface area contributed by atoms with Crippen LogP contribution in [0.3, 0.4) is 0 Å². The molecule has 1 saturated heterocycles. The van der Waals surface area contributed by atoms with Crippen LogP contribution in [0.4, 0.5) is 0 Å². The molecular weight excluding hydrogens is 300 g/mol. The van der Waals surface area contributed by atoms with Gasteiger partial charge < -0.3 is 14.8 Å². The molecular formula is C14H20N6O3. The zero-order valence-electron chi connectivity index (χ0n) is 13.3. The molecule has 0 unspecified atom stereocenters. The van der Waals surface area contributed by atoms with E-state index in [1.807, 2.05) is 0 Å². The van der Waals surface area contributed by atoms with Gasteiger partial charge in [-0.15, -0.1) is 0 Å². The highest BCUT2D eigenvalue weighted by atomic mass is 16.2. The minimum atomic E-state index is -0.525. The molecule has 124 valence electrons. The molecule has 3 rings (SSSR count). The van der Waals surface area contributed by atoms with Gasteiger partial charge in [0, 0.05) is 33.7 Å². The highest BCUT2D eigenvalue weighted by Gasteiger charge is 2.20. The zero-order valence-corrected chi connectivity index (χ0v) is 13.3. The third-order valence-corrected chi connectivity index (χ3v) is 4.19. The van der Waals surface area contributed by atoms with Crippen LogP contribution < -0.4 is 16.6 Å². The van der Waals surface area contributed by atoms with Gasteiger partial charge in [-0.3, -0.25) is 14.2 Å². The average Bonchev–Trinajstić information content (AvgIpc) is 2.76. The molecule has 0 radical (unpaired) electrons. The summed E-state index contributed by atoms with van der Waals surface area (Å²) in [6.45, 7) is 2.56. The van der Waals surface area contributed by atoms with Gasteiger partial charge in [-0.05, 0) is 13.0 Å². The van der Waals surface area contributed by atoms with Gasteiger partial charge in [0.15, 0.2) is 11.2 Å². The van der Waals surface area contributed by atoms with Crippen LogP contribution in [0.1, 0.15) is 6.42 Å². The highest BCUT2D eigenvalue weighted by molar-refractivity contribution is 5.77. The Kier molecular flexibility index (Phi) is 4.03. The first kappa shape index (κ1) is 15.5. The first-order valence-corrected chi connectivity index (χ1v) is 7.60. The molecule has 1 amide bonds. The maximum absolute atomic E-state index is 12.6. The number of imidazole rings is 1. The van der Waals surface area contributed by atoms with Crippen LogP contribution >= 0.6 is 0 Å². The van der Waals surface area contributed by atoms with Gasteiger partial charge in [0.2, 0.25) is 5.91 Å². The number of fused-ring (bicyclic) bond motifs is 1. The molecule has 0 aliphatic carbocycles. The zero-order chi connectivity index (χ0) is 16.6. The average molecular weight is 320 g/mol. The molecule has 3 heterocycles. The predicted molar refractivity (Wildman–Crippen MR) is 84.3 cm³/mol. The van der Waals surface area contributed by atoms with Crippen molar-refractivity contribution in [3.05, 3.63) is 27.2 Å². The first-order valence-electron chi connectivity index (χ1n) is 7.60. The van der Waals surface area contributed by atoms with Gasteiger partial charge in [0.1, 0.15) is 6.54 Å². The normalized spacial score (nSPS) is 15.8. The molecule has 1 aliphatic heterocycles. The second kappa shape index (κ2) is 5.99. The topological polar surface area (TPSA) is 94.2 Å². The Bertz CT molecular complexity index is 854. The van der Waals surface area contributed by atoms with E-state index in [2.05, 4.69) is 10.3 Å². The van der Waals surface area contributed by atoms with E-state index in [1.54, 1.807) is 23.6 Å². The lowest BCUT2D eigenvalue weighted by molar-refractivity contribution is -0.131. The summed E-state index contributed by atoms with van der Waals surface area (Å²) < 4.78 is 3.85. The summed E-state index contributed by atoms with van der Waals surface area (Å²) in [6.07, 6.45) is 2.34. The second-order valence-corrected chi connectivity index (χ2v) is 5.74. The Hall–Kier alpha value is -2.42. The first-order chi connectivity index (χ1) is 11.0. The molecule has 9 nitrogen and oxygen atoms in total. The second-order valence-electron chi connectivity index (χ2n) is 5.74. The summed E-state index contributed by atoms with van der Waals surface area (Å²) in [5, 5.41) is 3.22. The molecule has 1 aliphatic rings. The summed E-state index contributed by atoms with van der Waals surface area (Å²) in [7, 11) is 3.24. The maximum atomic E-state index is 12.6. The van der Waals surface area contributed by atoms with Crippen LogP contribution in [-0.2, 0) is 25.4 Å². The number of hydrogen-bond acceptors (Lipinski definition) is 5. The fraction of sp³-hybridized carbons (Fsp3) is 0.571. The lowest BCUT2D eigenvalue weighted by atomic mass is 10.3. The van der Waals surface area contributed by atoms with Crippen LogP contribution in [0, 0.1) is 0 Å². The van der Waals surface area contributed by atoms with Gasteiger partial charge in [-0.2, -0.15) is 0 Å². The molecule has 0 bridgehead atoms. The van der Waals surface area contributed by atoms with Crippen LogP contribution in [-0.4, -0.2) is 55.7 Å². The molecule has 0 spiro atoms. The van der Waals surface area contributed by atoms with Gasteiger partial charge in [-0.25, -0.2) is 14.3 Å². The van der Waals surface area contributed by atoms with E-state index in [9.17, 15) is 14.4 Å². The van der Waals surface area contributed by atoms with Crippen LogP contribution in [0.15, 0.2) is 15.9 Å². The molecule has 23 heavy (non-hydrogen) atoms. The summed E-state index contributed by atoms with van der Waals surface area (Å²) in [5.74, 6) is -0.214. The van der Waals surface area contributed by atoms with Crippen LogP contribution in [0.2, 0.25) is 0 Å². The van der Waals surface area contributed by atoms with Crippen LogP contribution in [0.5, 0.6) is 0 Å². The van der Waals surface area contributed by atoms with Crippen LogP contribution in [0.25, 0.3) is 11.2 Å². The number of carbonyl (C=O) groups excluding carboxylic acids is 1. The molecule has 2 aromatic rings. The molecule has 9 heteroatoms. The van der Waals surface area contributed by atoms with Crippen molar-refractivity contribution in [1.29, 1.82) is 0 Å². The highest BCUT2D eigenvalue weighted by Crippen LogP contribution is 2.03. The molecule has 0 aromatic carbocycles. The number of aromatic nitrogens is 4. The van der Waals surface area contributed by atoms with Crippen molar-refractivity contribution < 1.29 is 4.79 Å². The molecule has 1 fully saturated rings. The number of nitrogens with one attached hydrogen (secondary N) is 1. The van der Waals surface area contributed by atoms with Gasteiger partial charge >= 0.3 is 5.69 Å². The molecule has 0 saturated carbocycles. The third-order valence-electron chi connectivity index (χ3n) is 4.19. The summed E-state index contributed by atoms with van der Waals surface area (Å²) in [4.78, 5) is 43.2. The van der Waals surface area contributed by atoms with Crippen molar-refractivity contribution in [2.75, 3.05) is 26.2 Å². The van der Waals surface area contributed by atoms with Crippen molar-refractivity contribution >= 4 is 17.1 Å². The van der Waals surface area contributed by atoms with E-state index in [4.69, 9.17) is 0 Å². The monoisotopic (exact) mass is 320 g/mol. The summed E-state index contributed by atoms with van der Waals surface area (Å²) in [5.41, 5.74) is -0.366. The van der Waals surface area contributed by atoms with Crippen molar-refractivity contribution in [1.82, 2.24) is 28.9 Å². The quantitative estimate of drug-likeness (QED) is 0.709. The van der Waals surface area contributed by atoms with Crippen molar-refractivity contribution in [3.8, 4) is 0 Å². The Balaban J connectivity index is 1.99. The van der Waals surface area contributed by atoms with E-state index < -0.39 is 11.2 Å². The Morgan fingerprint density at radius 1 is 1.26 bits per heavy atom. The Morgan fingerprint density at radius 3 is 2.83 bits per heavy atom. The standard InChI is InChI=1S/C14H20N6O3/c1-17-9-16-12-11(17)13(22)20(14(23)18(12)2)8-10(21)19-6-3-4-15-5-7-19/h9,15H,3-8H2,1-2H3. The van der Waals surface area contributed by atoms with E-state index >= 15 is 0 Å². The maximum Gasteiger partial charge on any atom is 0.332 e. The molecule has 1 N–H and O–H groups in total. The number of rotatable bonds is 2. The van der Waals surface area contributed by atoms with Gasteiger partial charge in [-0.1, -0.05) is 0 Å². The van der Waals surface area contributed by atoms with E-state index in [-0.39, 0.29) is 12.5 Å². The van der Waals surface area contributed by atoms with Crippen molar-refractivity contribution in [2.45, 2.75) is 13.0 Å². The molecule has 0 atom stereocenters. The Morgan fingerprint density at radius 2 is 2.04 bits per heavy atom. The minimum absolute atomic E-state index is 0.214. The summed E-state index contributed by atoms with van der Waals surface area (Å²) >= 11 is 0. The predicted octanol–water partition coefficient (Wildman–Crippen LogP) is -1.74. The number of carbonyl (C=O) groups is 1. The van der Waals surface area contributed by atoms with E-state index in [0.29, 0.717) is 24.3 Å². The largest absolute Gasteiger partial charge is 0.340 e. The third kappa shape index (κ3) is 2.67. The van der Waals surface area contributed by atoms with Crippen molar-refractivity contribution in [3.63, 3.8) is 0 Å². The fourth-order valence-corrected chi connectivity index (χ4v) is 2.87. The SMILES string of the molecule is Cn1cnc2c1c(=O)n(CC(=O)N1CCCNCC1)c(=O)n2C. The summed E-state index contributed by atoms with van der Waals surface area (Å²) in [6, 6.07) is 0. The Labute approximate surface area is 132 Å². The molecule has 2 aromatic heterocycles. The van der Waals surface area contributed by atoms with Gasteiger partial charge in [0.05, 0.1) is 6.33 Å². The number of hydrogen-bond donors (Lipinski definition) is 1. The van der Waals surface area contributed by atoms with Crippen molar-refractivity contribution in [2.24, 2.45) is 14.1 Å². The lowest BCUT2D eigenvalue weighted by Gasteiger charge is -2.20. The minimum Gasteiger partial charge on any atom is -0.340 e.